The number of nitrogens with two attached hydrogens (primary N) is 1. The van der Waals surface area contributed by atoms with Gasteiger partial charge in [-0.3, -0.25) is 4.90 Å². The minimum absolute atomic E-state index is 0.108. The van der Waals surface area contributed by atoms with Gasteiger partial charge in [-0.25, -0.2) is 14.8 Å². The number of halogens is 5. The second kappa shape index (κ2) is 14.0. The Kier molecular flexibility index (Phi) is 10.8. The van der Waals surface area contributed by atoms with Gasteiger partial charge in [0.1, 0.15) is 5.82 Å². The molecule has 0 spiro atoms. The van der Waals surface area contributed by atoms with Crippen molar-refractivity contribution >= 4 is 55.4 Å². The zero-order valence-electron chi connectivity index (χ0n) is 23.3. The van der Waals surface area contributed by atoms with Gasteiger partial charge in [0.05, 0.1) is 48.3 Å². The summed E-state index contributed by atoms with van der Waals surface area (Å²) in [5, 5.41) is 0. The molecular formula is C29H31Br2F3N4O3S. The molecule has 4 rings (SSSR count). The molecule has 2 heterocycles. The Balaban J connectivity index is 1.88. The number of carbonyl (C=O) groups is 1. The van der Waals surface area contributed by atoms with Crippen LogP contribution >= 0.6 is 43.6 Å². The summed E-state index contributed by atoms with van der Waals surface area (Å²) in [4.78, 5) is 23.9. The van der Waals surface area contributed by atoms with E-state index in [1.807, 2.05) is 31.4 Å². The maximum atomic E-state index is 13.9. The molecule has 0 saturated carbocycles. The number of rotatable bonds is 9. The number of thioether (sulfide) groups is 1. The molecule has 7 nitrogen and oxygen atoms in total. The molecule has 2 N–H and O–H groups in total. The maximum Gasteiger partial charge on any atom is 0.416 e. The van der Waals surface area contributed by atoms with Gasteiger partial charge in [0.15, 0.2) is 5.75 Å². The lowest BCUT2D eigenvalue weighted by molar-refractivity contribution is -0.137. The normalized spacial score (nSPS) is 18.5. The van der Waals surface area contributed by atoms with E-state index < -0.39 is 35.8 Å². The number of amides is 1. The summed E-state index contributed by atoms with van der Waals surface area (Å²) >= 11 is 8.67. The Morgan fingerprint density at radius 3 is 2.48 bits per heavy atom. The lowest BCUT2D eigenvalue weighted by Crippen LogP contribution is -2.57. The van der Waals surface area contributed by atoms with E-state index in [9.17, 15) is 18.0 Å². The van der Waals surface area contributed by atoms with Crippen LogP contribution in [0.5, 0.6) is 5.75 Å². The minimum atomic E-state index is -4.60. The molecule has 0 fully saturated rings. The van der Waals surface area contributed by atoms with Crippen molar-refractivity contribution in [3.8, 4) is 5.75 Å². The first-order chi connectivity index (χ1) is 20.0. The van der Waals surface area contributed by atoms with Crippen molar-refractivity contribution in [3.05, 3.63) is 79.7 Å². The van der Waals surface area contributed by atoms with Crippen LogP contribution in [0, 0.1) is 0 Å². The fourth-order valence-corrected chi connectivity index (χ4v) is 6.77. The second-order valence-electron chi connectivity index (χ2n) is 9.71. The molecule has 1 aromatic heterocycles. The highest BCUT2D eigenvalue weighted by Crippen LogP contribution is 2.44. The zero-order valence-corrected chi connectivity index (χ0v) is 27.2. The molecule has 0 aliphatic carbocycles. The number of hydrogen-bond donors (Lipinski definition) is 1. The van der Waals surface area contributed by atoms with Crippen LogP contribution in [0.25, 0.3) is 0 Å². The zero-order chi connectivity index (χ0) is 30.6. The number of alkyl halides is 3. The fourth-order valence-electron chi connectivity index (χ4n) is 5.13. The van der Waals surface area contributed by atoms with Gasteiger partial charge in [0.2, 0.25) is 0 Å². The number of benzene rings is 2. The molecule has 3 atom stereocenters. The van der Waals surface area contributed by atoms with Crippen molar-refractivity contribution in [3.63, 3.8) is 0 Å². The van der Waals surface area contributed by atoms with Crippen molar-refractivity contribution in [2.24, 2.45) is 5.73 Å². The number of hydrogen-bond acceptors (Lipinski definition) is 7. The summed E-state index contributed by atoms with van der Waals surface area (Å²) < 4.78 is 54.7. The van der Waals surface area contributed by atoms with Gasteiger partial charge in [0, 0.05) is 27.2 Å². The summed E-state index contributed by atoms with van der Waals surface area (Å²) in [6.45, 7) is 4.08. The molecule has 2 aromatic carbocycles. The first kappa shape index (κ1) is 32.6. The predicted molar refractivity (Wildman–Crippen MR) is 165 cm³/mol. The van der Waals surface area contributed by atoms with Crippen molar-refractivity contribution in [1.82, 2.24) is 9.97 Å². The van der Waals surface area contributed by atoms with Crippen molar-refractivity contribution in [1.29, 1.82) is 0 Å². The van der Waals surface area contributed by atoms with Gasteiger partial charge < -0.3 is 15.2 Å². The summed E-state index contributed by atoms with van der Waals surface area (Å²) in [6.07, 6.45) is -0.918. The monoisotopic (exact) mass is 730 g/mol. The molecule has 1 aliphatic rings. The summed E-state index contributed by atoms with van der Waals surface area (Å²) in [5.41, 5.74) is 7.95. The predicted octanol–water partition coefficient (Wildman–Crippen LogP) is 7.57. The highest BCUT2D eigenvalue weighted by atomic mass is 79.9. The third kappa shape index (κ3) is 7.23. The highest BCUT2D eigenvalue weighted by Gasteiger charge is 2.45. The lowest BCUT2D eigenvalue weighted by Gasteiger charge is -2.43. The number of aromatic nitrogens is 2. The Hall–Kier alpha value is -2.35. The summed E-state index contributed by atoms with van der Waals surface area (Å²) in [5.74, 6) is 0.669. The van der Waals surface area contributed by atoms with Gasteiger partial charge in [-0.05, 0) is 67.1 Å². The van der Waals surface area contributed by atoms with Gasteiger partial charge in [0.25, 0.3) is 0 Å². The highest BCUT2D eigenvalue weighted by molar-refractivity contribution is 9.11. The van der Waals surface area contributed by atoms with Crippen LogP contribution < -0.4 is 15.4 Å². The van der Waals surface area contributed by atoms with Gasteiger partial charge >= 0.3 is 12.3 Å². The topological polar surface area (TPSA) is 90.6 Å². The Labute approximate surface area is 264 Å². The van der Waals surface area contributed by atoms with Crippen LogP contribution in [-0.4, -0.2) is 53.4 Å². The molecule has 0 bridgehead atoms. The molecular weight excluding hydrogens is 701 g/mol. The molecule has 3 unspecified atom stereocenters. The van der Waals surface area contributed by atoms with Crippen LogP contribution in [-0.2, 0) is 17.3 Å². The SMILES string of the molecule is CCOC(=O)N1c2ccc(C(F)(F)F)cc2C(c2ncc(OCCSC)c(Cc3cc(Br)cc(Br)c3)n2)C(N)C1CC. The first-order valence-electron chi connectivity index (χ1n) is 13.3. The maximum absolute atomic E-state index is 13.9. The number of nitrogens with zero attached hydrogens (tertiary/aromatic N) is 3. The largest absolute Gasteiger partial charge is 0.489 e. The third-order valence-corrected chi connectivity index (χ3v) is 8.45. The molecule has 0 saturated heterocycles. The number of carbonyl (C=O) groups excluding carboxylic acids is 1. The van der Waals surface area contributed by atoms with E-state index in [1.54, 1.807) is 24.9 Å². The van der Waals surface area contributed by atoms with E-state index in [4.69, 9.17) is 20.2 Å². The average molecular weight is 732 g/mol. The molecule has 226 valence electrons. The van der Waals surface area contributed by atoms with E-state index in [-0.39, 0.29) is 18.0 Å². The van der Waals surface area contributed by atoms with Gasteiger partial charge in [-0.1, -0.05) is 38.8 Å². The lowest BCUT2D eigenvalue weighted by atomic mass is 9.79. The Bertz CT molecular complexity index is 1410. The number of anilines is 1. The molecule has 3 aromatic rings. The number of fused-ring (bicyclic) bond motifs is 1. The smallest absolute Gasteiger partial charge is 0.416 e. The summed E-state index contributed by atoms with van der Waals surface area (Å²) in [7, 11) is 0. The Morgan fingerprint density at radius 2 is 1.86 bits per heavy atom. The minimum Gasteiger partial charge on any atom is -0.489 e. The third-order valence-electron chi connectivity index (χ3n) is 6.96. The van der Waals surface area contributed by atoms with Crippen LogP contribution in [0.3, 0.4) is 0 Å². The molecule has 13 heteroatoms. The second-order valence-corrected chi connectivity index (χ2v) is 12.5. The van der Waals surface area contributed by atoms with E-state index in [0.29, 0.717) is 36.6 Å². The molecule has 1 aliphatic heterocycles. The Morgan fingerprint density at radius 1 is 1.14 bits per heavy atom. The van der Waals surface area contributed by atoms with E-state index in [2.05, 4.69) is 36.8 Å². The van der Waals surface area contributed by atoms with E-state index in [0.717, 1.165) is 32.4 Å². The molecule has 42 heavy (non-hydrogen) atoms. The first-order valence-corrected chi connectivity index (χ1v) is 16.3. The van der Waals surface area contributed by atoms with Crippen LogP contribution in [0.1, 0.15) is 54.4 Å². The number of ether oxygens (including phenoxy) is 2. The quantitative estimate of drug-likeness (QED) is 0.227. The van der Waals surface area contributed by atoms with Crippen molar-refractivity contribution in [2.75, 3.05) is 30.1 Å². The average Bonchev–Trinajstić information content (AvgIpc) is 2.92. The summed E-state index contributed by atoms with van der Waals surface area (Å²) in [6, 6.07) is 7.76. The van der Waals surface area contributed by atoms with Gasteiger partial charge in [-0.15, -0.1) is 0 Å². The van der Waals surface area contributed by atoms with Gasteiger partial charge in [-0.2, -0.15) is 24.9 Å². The van der Waals surface area contributed by atoms with E-state index in [1.165, 1.54) is 11.0 Å². The standard InChI is InChI=1S/C29H31Br2F3N4O3S/c1-4-22-26(35)25(20-13-17(29(32,33)34)6-7-23(20)38(22)28(39)40-5-2)27-36-15-24(41-8-9-42-3)21(37-27)12-16-10-18(30)14-19(31)11-16/h6-7,10-11,13-15,22,25-26H,4-5,8-9,12,35H2,1-3H3. The molecule has 0 radical (unpaired) electrons. The van der Waals surface area contributed by atoms with Crippen molar-refractivity contribution < 1.29 is 27.4 Å². The van der Waals surface area contributed by atoms with Crippen molar-refractivity contribution in [2.45, 2.75) is 50.9 Å². The molecule has 1 amide bonds. The van der Waals surface area contributed by atoms with Crippen LogP contribution in [0.15, 0.2) is 51.5 Å². The fraction of sp³-hybridized carbons (Fsp3) is 0.414. The van der Waals surface area contributed by atoms with E-state index >= 15 is 0 Å². The van der Waals surface area contributed by atoms with Crippen LogP contribution in [0.2, 0.25) is 0 Å². The van der Waals surface area contributed by atoms with Crippen LogP contribution in [0.4, 0.5) is 23.7 Å².